The summed E-state index contributed by atoms with van der Waals surface area (Å²) in [7, 11) is 0. The van der Waals surface area contributed by atoms with Gasteiger partial charge in [-0.3, -0.25) is 5.32 Å². The number of nitrogens with zero attached hydrogens (tertiary/aromatic N) is 2. The summed E-state index contributed by atoms with van der Waals surface area (Å²) in [5, 5.41) is 14.4. The minimum absolute atomic E-state index is 0.0949. The summed E-state index contributed by atoms with van der Waals surface area (Å²) < 4.78 is 0. The van der Waals surface area contributed by atoms with E-state index in [-0.39, 0.29) is 18.7 Å². The van der Waals surface area contributed by atoms with Gasteiger partial charge in [0.2, 0.25) is 0 Å². The summed E-state index contributed by atoms with van der Waals surface area (Å²) in [6.07, 6.45) is 3.80. The first-order valence-corrected chi connectivity index (χ1v) is 7.19. The number of amides is 2. The van der Waals surface area contributed by atoms with Crippen LogP contribution < -0.4 is 5.32 Å². The van der Waals surface area contributed by atoms with Crippen molar-refractivity contribution in [2.75, 3.05) is 18.5 Å². The first-order chi connectivity index (χ1) is 8.70. The van der Waals surface area contributed by atoms with Crippen molar-refractivity contribution < 1.29 is 9.90 Å². The minimum atomic E-state index is -0.0949. The van der Waals surface area contributed by atoms with Crippen LogP contribution in [0, 0.1) is 6.92 Å². The van der Waals surface area contributed by atoms with Crippen molar-refractivity contribution in [1.29, 1.82) is 0 Å². The van der Waals surface area contributed by atoms with Crippen LogP contribution in [0.3, 0.4) is 0 Å². The van der Waals surface area contributed by atoms with E-state index in [4.69, 9.17) is 5.11 Å². The lowest BCUT2D eigenvalue weighted by Crippen LogP contribution is -2.46. The fraction of sp³-hybridized carbons (Fsp3) is 0.667. The Labute approximate surface area is 111 Å². The van der Waals surface area contributed by atoms with Crippen molar-refractivity contribution in [3.05, 3.63) is 11.1 Å². The Morgan fingerprint density at radius 2 is 2.50 bits per heavy atom. The highest BCUT2D eigenvalue weighted by atomic mass is 32.1. The zero-order valence-electron chi connectivity index (χ0n) is 10.6. The molecular formula is C12H19N3O2S. The standard InChI is InChI=1S/C12H19N3O2S/c1-9-8-18-11(13-9)14-12(17)15-6-3-2-4-10(15)5-7-16/h8,10,16H,2-7H2,1H3,(H,13,14,17). The quantitative estimate of drug-likeness (QED) is 0.884. The number of carbonyl (C=O) groups excluding carboxylic acids is 1. The lowest BCUT2D eigenvalue weighted by Gasteiger charge is -2.35. The van der Waals surface area contributed by atoms with Gasteiger partial charge in [0.05, 0.1) is 5.69 Å². The summed E-state index contributed by atoms with van der Waals surface area (Å²) in [5.41, 5.74) is 0.917. The molecular weight excluding hydrogens is 250 g/mol. The van der Waals surface area contributed by atoms with Crippen molar-refractivity contribution in [3.63, 3.8) is 0 Å². The Morgan fingerprint density at radius 1 is 1.67 bits per heavy atom. The number of aryl methyl sites for hydroxylation is 1. The number of carbonyl (C=O) groups is 1. The van der Waals surface area contributed by atoms with Crippen LogP contribution in [0.1, 0.15) is 31.4 Å². The van der Waals surface area contributed by atoms with Gasteiger partial charge in [-0.05, 0) is 32.6 Å². The smallest absolute Gasteiger partial charge is 0.323 e. The number of likely N-dealkylation sites (tertiary alicyclic amines) is 1. The average molecular weight is 269 g/mol. The number of thiazole rings is 1. The number of aliphatic hydroxyl groups is 1. The van der Waals surface area contributed by atoms with Gasteiger partial charge in [-0.1, -0.05) is 0 Å². The highest BCUT2D eigenvalue weighted by molar-refractivity contribution is 7.13. The van der Waals surface area contributed by atoms with Crippen molar-refractivity contribution >= 4 is 22.5 Å². The predicted octanol–water partition coefficient (Wildman–Crippen LogP) is 2.22. The second kappa shape index (κ2) is 6.15. The summed E-state index contributed by atoms with van der Waals surface area (Å²) in [6.45, 7) is 2.80. The molecule has 6 heteroatoms. The molecule has 18 heavy (non-hydrogen) atoms. The van der Waals surface area contributed by atoms with E-state index >= 15 is 0 Å². The van der Waals surface area contributed by atoms with E-state index in [1.54, 1.807) is 0 Å². The van der Waals surface area contributed by atoms with Gasteiger partial charge >= 0.3 is 6.03 Å². The number of piperidine rings is 1. The zero-order chi connectivity index (χ0) is 13.0. The van der Waals surface area contributed by atoms with Crippen LogP contribution in [0.5, 0.6) is 0 Å². The van der Waals surface area contributed by atoms with Crippen LogP contribution in [-0.4, -0.2) is 40.2 Å². The van der Waals surface area contributed by atoms with Gasteiger partial charge in [-0.2, -0.15) is 0 Å². The molecule has 2 amide bonds. The van der Waals surface area contributed by atoms with Crippen LogP contribution in [0.2, 0.25) is 0 Å². The van der Waals surface area contributed by atoms with E-state index in [2.05, 4.69) is 10.3 Å². The SMILES string of the molecule is Cc1csc(NC(=O)N2CCCCC2CCO)n1. The molecule has 1 aliphatic rings. The molecule has 0 aliphatic carbocycles. The van der Waals surface area contributed by atoms with E-state index < -0.39 is 0 Å². The molecule has 5 nitrogen and oxygen atoms in total. The molecule has 0 saturated carbocycles. The zero-order valence-corrected chi connectivity index (χ0v) is 11.4. The average Bonchev–Trinajstić information content (AvgIpc) is 2.76. The maximum Gasteiger partial charge on any atom is 0.323 e. The molecule has 2 N–H and O–H groups in total. The second-order valence-electron chi connectivity index (χ2n) is 4.58. The van der Waals surface area contributed by atoms with Gasteiger partial charge < -0.3 is 10.0 Å². The Balaban J connectivity index is 1.97. The number of aliphatic hydroxyl groups excluding tert-OH is 1. The van der Waals surface area contributed by atoms with Crippen LogP contribution in [0.25, 0.3) is 0 Å². The van der Waals surface area contributed by atoms with Gasteiger partial charge in [-0.25, -0.2) is 9.78 Å². The molecule has 1 aliphatic heterocycles. The number of hydrogen-bond donors (Lipinski definition) is 2. The Kier molecular flexibility index (Phi) is 4.54. The number of urea groups is 1. The summed E-state index contributed by atoms with van der Waals surface area (Å²) in [6, 6.07) is 0.0623. The van der Waals surface area contributed by atoms with E-state index in [1.807, 2.05) is 17.2 Å². The van der Waals surface area contributed by atoms with E-state index in [9.17, 15) is 4.79 Å². The summed E-state index contributed by atoms with van der Waals surface area (Å²) in [5.74, 6) is 0. The molecule has 100 valence electrons. The highest BCUT2D eigenvalue weighted by Crippen LogP contribution is 2.21. The van der Waals surface area contributed by atoms with Crippen molar-refractivity contribution in [2.45, 2.75) is 38.6 Å². The molecule has 1 aromatic rings. The fourth-order valence-corrected chi connectivity index (χ4v) is 2.97. The largest absolute Gasteiger partial charge is 0.396 e. The molecule has 0 aromatic carbocycles. The van der Waals surface area contributed by atoms with E-state index in [0.29, 0.717) is 11.6 Å². The van der Waals surface area contributed by atoms with Crippen molar-refractivity contribution in [3.8, 4) is 0 Å². The van der Waals surface area contributed by atoms with Gasteiger partial charge in [0.1, 0.15) is 0 Å². The number of rotatable bonds is 3. The molecule has 0 spiro atoms. The molecule has 1 atom stereocenters. The number of hydrogen-bond acceptors (Lipinski definition) is 4. The number of aromatic nitrogens is 1. The third-order valence-electron chi connectivity index (χ3n) is 3.18. The molecule has 1 saturated heterocycles. The summed E-state index contributed by atoms with van der Waals surface area (Å²) in [4.78, 5) is 18.2. The first-order valence-electron chi connectivity index (χ1n) is 6.31. The summed E-state index contributed by atoms with van der Waals surface area (Å²) >= 11 is 1.44. The monoisotopic (exact) mass is 269 g/mol. The molecule has 0 radical (unpaired) electrons. The van der Waals surface area contributed by atoms with Gasteiger partial charge in [0.15, 0.2) is 5.13 Å². The third-order valence-corrected chi connectivity index (χ3v) is 4.06. The topological polar surface area (TPSA) is 65.5 Å². The van der Waals surface area contributed by atoms with Crippen LogP contribution in [0.4, 0.5) is 9.93 Å². The Morgan fingerprint density at radius 3 is 3.17 bits per heavy atom. The van der Waals surface area contributed by atoms with Gasteiger partial charge in [-0.15, -0.1) is 11.3 Å². The molecule has 1 unspecified atom stereocenters. The third kappa shape index (κ3) is 3.20. The van der Waals surface area contributed by atoms with Crippen LogP contribution in [-0.2, 0) is 0 Å². The lowest BCUT2D eigenvalue weighted by atomic mass is 10.0. The van der Waals surface area contributed by atoms with Crippen LogP contribution in [0.15, 0.2) is 5.38 Å². The number of nitrogens with one attached hydrogen (secondary N) is 1. The highest BCUT2D eigenvalue weighted by Gasteiger charge is 2.26. The minimum Gasteiger partial charge on any atom is -0.396 e. The molecule has 2 rings (SSSR count). The molecule has 2 heterocycles. The molecule has 1 fully saturated rings. The van der Waals surface area contributed by atoms with Crippen LogP contribution >= 0.6 is 11.3 Å². The van der Waals surface area contributed by atoms with Crippen molar-refractivity contribution in [2.24, 2.45) is 0 Å². The first kappa shape index (κ1) is 13.3. The fourth-order valence-electron chi connectivity index (χ4n) is 2.29. The normalized spacial score (nSPS) is 19.9. The van der Waals surface area contributed by atoms with Gasteiger partial charge in [0, 0.05) is 24.6 Å². The Hall–Kier alpha value is -1.14. The number of anilines is 1. The molecule has 1 aromatic heterocycles. The lowest BCUT2D eigenvalue weighted by molar-refractivity contribution is 0.141. The second-order valence-corrected chi connectivity index (χ2v) is 5.44. The van der Waals surface area contributed by atoms with Gasteiger partial charge in [0.25, 0.3) is 0 Å². The van der Waals surface area contributed by atoms with E-state index in [0.717, 1.165) is 31.5 Å². The maximum atomic E-state index is 12.2. The van der Waals surface area contributed by atoms with E-state index in [1.165, 1.54) is 11.3 Å². The van der Waals surface area contributed by atoms with Crippen molar-refractivity contribution in [1.82, 2.24) is 9.88 Å². The molecule has 0 bridgehead atoms. The maximum absolute atomic E-state index is 12.2. The predicted molar refractivity (Wildman–Crippen MR) is 71.9 cm³/mol. The Bertz CT molecular complexity index is 406.